The van der Waals surface area contributed by atoms with Gasteiger partial charge >= 0.3 is 0 Å². The summed E-state index contributed by atoms with van der Waals surface area (Å²) in [6.45, 7) is 3.93. The molecule has 0 saturated carbocycles. The highest BCUT2D eigenvalue weighted by molar-refractivity contribution is 5.70. The van der Waals surface area contributed by atoms with Gasteiger partial charge in [-0.15, -0.1) is 0 Å². The van der Waals surface area contributed by atoms with Crippen LogP contribution in [-0.2, 0) is 20.9 Å². The highest BCUT2D eigenvalue weighted by Crippen LogP contribution is 2.13. The Balaban J connectivity index is 0.000000362. The summed E-state index contributed by atoms with van der Waals surface area (Å²) in [6.07, 6.45) is 3.61. The van der Waals surface area contributed by atoms with Crippen molar-refractivity contribution in [2.75, 3.05) is 25.7 Å². The Morgan fingerprint density at radius 1 is 1.26 bits per heavy atom. The Hall–Kier alpha value is -2.27. The van der Waals surface area contributed by atoms with Gasteiger partial charge in [0, 0.05) is 18.5 Å². The predicted octanol–water partition coefficient (Wildman–Crippen LogP) is 1.90. The van der Waals surface area contributed by atoms with Crippen molar-refractivity contribution in [2.45, 2.75) is 6.61 Å². The number of rotatable bonds is 5. The number of nitrogen functional groups attached to an aromatic ring is 2. The van der Waals surface area contributed by atoms with Gasteiger partial charge in [0.15, 0.2) is 12.0 Å². The molecule has 0 unspecified atom stereocenters. The largest absolute Gasteiger partial charge is 0.493 e. The lowest BCUT2D eigenvalue weighted by molar-refractivity contribution is -0.107. The molecule has 0 radical (unpaired) electrons. The van der Waals surface area contributed by atoms with Crippen LogP contribution in [0.15, 0.2) is 42.7 Å². The van der Waals surface area contributed by atoms with Crippen molar-refractivity contribution in [3.8, 4) is 0 Å². The van der Waals surface area contributed by atoms with Gasteiger partial charge in [0.1, 0.15) is 0 Å². The van der Waals surface area contributed by atoms with E-state index in [1.54, 1.807) is 13.2 Å². The first-order valence-electron chi connectivity index (χ1n) is 5.53. The van der Waals surface area contributed by atoms with E-state index in [1.165, 1.54) is 19.3 Å². The molecule has 1 rings (SSSR count). The smallest absolute Gasteiger partial charge is 0.184 e. The summed E-state index contributed by atoms with van der Waals surface area (Å²) in [6, 6.07) is 5.42. The zero-order valence-electron chi connectivity index (χ0n) is 11.3. The van der Waals surface area contributed by atoms with Crippen LogP contribution in [0.2, 0.25) is 0 Å². The Kier molecular flexibility index (Phi) is 8.57. The van der Waals surface area contributed by atoms with Crippen LogP contribution >= 0.6 is 0 Å². The van der Waals surface area contributed by atoms with Crippen LogP contribution in [0.25, 0.3) is 0 Å². The van der Waals surface area contributed by atoms with Gasteiger partial charge in [-0.05, 0) is 29.8 Å². The molecule has 0 spiro atoms. The molecule has 0 aliphatic carbocycles. The second-order valence-electron chi connectivity index (χ2n) is 3.57. The van der Waals surface area contributed by atoms with Crippen molar-refractivity contribution in [1.29, 1.82) is 0 Å². The number of anilines is 2. The van der Waals surface area contributed by atoms with Crippen molar-refractivity contribution in [3.63, 3.8) is 0 Å². The molecule has 5 nitrogen and oxygen atoms in total. The van der Waals surface area contributed by atoms with Crippen LogP contribution in [0, 0.1) is 0 Å². The van der Waals surface area contributed by atoms with Crippen LogP contribution in [-0.4, -0.2) is 20.5 Å². The second-order valence-corrected chi connectivity index (χ2v) is 3.57. The number of aldehydes is 1. The topological polar surface area (TPSA) is 87.6 Å². The molecule has 0 aliphatic rings. The number of benzene rings is 1. The van der Waals surface area contributed by atoms with Gasteiger partial charge in [-0.1, -0.05) is 12.7 Å². The number of carbonyl (C=O) groups excluding carboxylic acids is 1. The summed E-state index contributed by atoms with van der Waals surface area (Å²) < 4.78 is 9.49. The third kappa shape index (κ3) is 7.62. The Morgan fingerprint density at radius 3 is 2.16 bits per heavy atom. The molecule has 104 valence electrons. The van der Waals surface area contributed by atoms with E-state index in [2.05, 4.69) is 11.3 Å². The molecule has 0 aliphatic heterocycles. The number of nitrogens with two attached hydrogens (primary N) is 2. The number of methoxy groups -OCH3 is 2. The summed E-state index contributed by atoms with van der Waals surface area (Å²) in [4.78, 5) is 9.88. The van der Waals surface area contributed by atoms with Gasteiger partial charge in [0.05, 0.1) is 13.7 Å². The van der Waals surface area contributed by atoms with E-state index in [0.717, 1.165) is 5.56 Å². The lowest BCUT2D eigenvalue weighted by atomic mass is 10.2. The molecule has 1 aromatic carbocycles. The van der Waals surface area contributed by atoms with Crippen molar-refractivity contribution >= 4 is 17.7 Å². The van der Waals surface area contributed by atoms with Crippen molar-refractivity contribution in [2.24, 2.45) is 0 Å². The van der Waals surface area contributed by atoms with Crippen molar-refractivity contribution < 1.29 is 14.3 Å². The van der Waals surface area contributed by atoms with Gasteiger partial charge in [0.2, 0.25) is 0 Å². The maximum absolute atomic E-state index is 9.88. The van der Waals surface area contributed by atoms with E-state index in [-0.39, 0.29) is 0 Å². The Bertz CT molecular complexity index is 422. The average Bonchev–Trinajstić information content (AvgIpc) is 2.36. The minimum absolute atomic E-state index is 0.292. The van der Waals surface area contributed by atoms with Gasteiger partial charge in [-0.25, -0.2) is 0 Å². The molecule has 0 aromatic heterocycles. The first-order chi connectivity index (χ1) is 9.07. The highest BCUT2D eigenvalue weighted by atomic mass is 16.5. The van der Waals surface area contributed by atoms with E-state index in [1.807, 2.05) is 12.1 Å². The van der Waals surface area contributed by atoms with E-state index >= 15 is 0 Å². The molecule has 5 heteroatoms. The van der Waals surface area contributed by atoms with E-state index < -0.39 is 0 Å². The zero-order chi connectivity index (χ0) is 14.7. The standard InChI is InChI=1S/C8H12N2O.C6H8O2/c1-11-5-6-2-7(9)4-8(10)3-6;1-3-4-6(5-7)8-2/h2-4H,5,9-10H2,1H3;3-5H,1H2,2H3/b;6-4-. The quantitative estimate of drug-likeness (QED) is 0.279. The molecule has 0 amide bonds. The van der Waals surface area contributed by atoms with E-state index in [9.17, 15) is 4.79 Å². The first kappa shape index (κ1) is 16.7. The molecule has 4 N–H and O–H groups in total. The van der Waals surface area contributed by atoms with Gasteiger partial charge in [-0.3, -0.25) is 4.79 Å². The van der Waals surface area contributed by atoms with Gasteiger partial charge in [0.25, 0.3) is 0 Å². The summed E-state index contributed by atoms with van der Waals surface area (Å²) >= 11 is 0. The fourth-order valence-corrected chi connectivity index (χ4v) is 1.27. The van der Waals surface area contributed by atoms with Crippen LogP contribution in [0.3, 0.4) is 0 Å². The van der Waals surface area contributed by atoms with Crippen LogP contribution in [0.5, 0.6) is 0 Å². The minimum Gasteiger partial charge on any atom is -0.493 e. The lowest BCUT2D eigenvalue weighted by Gasteiger charge is -2.02. The zero-order valence-corrected chi connectivity index (χ0v) is 11.3. The maximum atomic E-state index is 9.88. The molecule has 1 aromatic rings. The molecule has 0 saturated heterocycles. The second kappa shape index (κ2) is 9.73. The molecular weight excluding hydrogens is 244 g/mol. The maximum Gasteiger partial charge on any atom is 0.184 e. The lowest BCUT2D eigenvalue weighted by Crippen LogP contribution is -1.94. The summed E-state index contributed by atoms with van der Waals surface area (Å²) in [7, 11) is 3.07. The van der Waals surface area contributed by atoms with E-state index in [0.29, 0.717) is 30.0 Å². The molecule has 0 fully saturated rings. The normalized spacial score (nSPS) is 10.1. The third-order valence-electron chi connectivity index (χ3n) is 1.98. The summed E-state index contributed by atoms with van der Waals surface area (Å²) in [5.41, 5.74) is 13.5. The van der Waals surface area contributed by atoms with Crippen LogP contribution < -0.4 is 11.5 Å². The Labute approximate surface area is 113 Å². The number of carbonyl (C=O) groups is 1. The molecule has 19 heavy (non-hydrogen) atoms. The van der Waals surface area contributed by atoms with E-state index in [4.69, 9.17) is 16.2 Å². The molecular formula is C14H20N2O3. The molecule has 0 heterocycles. The fraction of sp³-hybridized carbons (Fsp3) is 0.214. The average molecular weight is 264 g/mol. The van der Waals surface area contributed by atoms with Gasteiger partial charge < -0.3 is 20.9 Å². The van der Waals surface area contributed by atoms with Crippen molar-refractivity contribution in [1.82, 2.24) is 0 Å². The van der Waals surface area contributed by atoms with Crippen molar-refractivity contribution in [3.05, 3.63) is 48.3 Å². The fourth-order valence-electron chi connectivity index (χ4n) is 1.27. The monoisotopic (exact) mass is 264 g/mol. The number of ether oxygens (including phenoxy) is 2. The number of allylic oxidation sites excluding steroid dienone is 3. The molecule has 0 atom stereocenters. The summed E-state index contributed by atoms with van der Waals surface area (Å²) in [5.74, 6) is 0.292. The number of hydrogen-bond acceptors (Lipinski definition) is 5. The first-order valence-corrected chi connectivity index (χ1v) is 5.53. The van der Waals surface area contributed by atoms with Gasteiger partial charge in [-0.2, -0.15) is 0 Å². The third-order valence-corrected chi connectivity index (χ3v) is 1.98. The minimum atomic E-state index is 0.292. The predicted molar refractivity (Wildman–Crippen MR) is 77.3 cm³/mol. The Morgan fingerprint density at radius 2 is 1.84 bits per heavy atom. The summed E-state index contributed by atoms with van der Waals surface area (Å²) in [5, 5.41) is 0. The van der Waals surface area contributed by atoms with Crippen LogP contribution in [0.1, 0.15) is 5.56 Å². The van der Waals surface area contributed by atoms with Crippen LogP contribution in [0.4, 0.5) is 11.4 Å². The number of hydrogen-bond donors (Lipinski definition) is 2. The highest BCUT2D eigenvalue weighted by Gasteiger charge is 1.94. The SMILES string of the molecule is C=C/C=C(/C=O)OC.COCc1cc(N)cc(N)c1. The molecule has 0 bridgehead atoms.